The monoisotopic (exact) mass is 174 g/mol. The minimum atomic E-state index is 0.108. The van der Waals surface area contributed by atoms with Crippen molar-refractivity contribution in [3.05, 3.63) is 0 Å². The standard InChI is InChI=1S/C6H10O.C2H8N2O/c7-6-4-2-1-3-5-6;3-4-1-2-5/h1-5H2;4-5H,1-3H2. The zero-order valence-electron chi connectivity index (χ0n) is 7.38. The van der Waals surface area contributed by atoms with Crippen molar-refractivity contribution in [1.29, 1.82) is 0 Å². The summed E-state index contributed by atoms with van der Waals surface area (Å²) >= 11 is 0. The van der Waals surface area contributed by atoms with Crippen molar-refractivity contribution < 1.29 is 9.90 Å². The predicted octanol–water partition coefficient (Wildman–Crippen LogP) is -0.0384. The van der Waals surface area contributed by atoms with Crippen molar-refractivity contribution in [3.8, 4) is 0 Å². The molecule has 1 rings (SSSR count). The van der Waals surface area contributed by atoms with Gasteiger partial charge in [-0.25, -0.2) is 0 Å². The normalized spacial score (nSPS) is 16.7. The van der Waals surface area contributed by atoms with Gasteiger partial charge in [0.05, 0.1) is 6.61 Å². The predicted molar refractivity (Wildman–Crippen MR) is 47.4 cm³/mol. The summed E-state index contributed by atoms with van der Waals surface area (Å²) in [7, 11) is 0. The Bertz CT molecular complexity index is 108. The Morgan fingerprint density at radius 1 is 1.33 bits per heavy atom. The number of nitrogens with one attached hydrogen (secondary N) is 1. The van der Waals surface area contributed by atoms with Crippen LogP contribution in [0.25, 0.3) is 0 Å². The van der Waals surface area contributed by atoms with E-state index in [4.69, 9.17) is 10.9 Å². The molecule has 1 fully saturated rings. The van der Waals surface area contributed by atoms with Crippen molar-refractivity contribution in [2.75, 3.05) is 13.2 Å². The first-order chi connectivity index (χ1) is 5.81. The lowest BCUT2D eigenvalue weighted by Gasteiger charge is -2.05. The van der Waals surface area contributed by atoms with Crippen LogP contribution in [0.3, 0.4) is 0 Å². The third-order valence-corrected chi connectivity index (χ3v) is 1.67. The highest BCUT2D eigenvalue weighted by atomic mass is 16.3. The minimum absolute atomic E-state index is 0.108. The second-order valence-electron chi connectivity index (χ2n) is 2.78. The molecule has 0 atom stereocenters. The number of aliphatic hydroxyl groups excluding tert-OH is 1. The molecule has 0 heterocycles. The highest BCUT2D eigenvalue weighted by Gasteiger charge is 2.05. The molecular weight excluding hydrogens is 156 g/mol. The maximum absolute atomic E-state index is 10.5. The van der Waals surface area contributed by atoms with E-state index in [1.165, 1.54) is 6.42 Å². The molecule has 0 unspecified atom stereocenters. The first-order valence-corrected chi connectivity index (χ1v) is 4.37. The maximum atomic E-state index is 10.5. The van der Waals surface area contributed by atoms with E-state index in [-0.39, 0.29) is 6.61 Å². The Balaban J connectivity index is 0.000000217. The molecule has 1 saturated carbocycles. The van der Waals surface area contributed by atoms with E-state index in [0.29, 0.717) is 12.3 Å². The molecule has 72 valence electrons. The van der Waals surface area contributed by atoms with Gasteiger partial charge in [0.25, 0.3) is 0 Å². The van der Waals surface area contributed by atoms with Crippen LogP contribution < -0.4 is 11.3 Å². The van der Waals surface area contributed by atoms with Crippen LogP contribution in [0, 0.1) is 0 Å². The van der Waals surface area contributed by atoms with Crippen LogP contribution in [0.5, 0.6) is 0 Å². The number of rotatable bonds is 2. The second kappa shape index (κ2) is 8.64. The zero-order chi connectivity index (χ0) is 9.23. The average Bonchev–Trinajstić information content (AvgIpc) is 2.08. The molecule has 1 aliphatic carbocycles. The summed E-state index contributed by atoms with van der Waals surface area (Å²) in [5.74, 6) is 5.19. The lowest BCUT2D eigenvalue weighted by atomic mass is 10.00. The Labute approximate surface area is 73.1 Å². The summed E-state index contributed by atoms with van der Waals surface area (Å²) in [6.07, 6.45) is 5.24. The van der Waals surface area contributed by atoms with Gasteiger partial charge in [0.1, 0.15) is 5.78 Å². The topological polar surface area (TPSA) is 75.3 Å². The molecule has 0 aliphatic heterocycles. The van der Waals surface area contributed by atoms with Crippen LogP contribution in [-0.2, 0) is 4.79 Å². The second-order valence-corrected chi connectivity index (χ2v) is 2.78. The summed E-state index contributed by atoms with van der Waals surface area (Å²) < 4.78 is 0. The van der Waals surface area contributed by atoms with Gasteiger partial charge >= 0.3 is 0 Å². The van der Waals surface area contributed by atoms with Gasteiger partial charge in [-0.15, -0.1) is 0 Å². The Hall–Kier alpha value is -0.450. The highest BCUT2D eigenvalue weighted by Crippen LogP contribution is 2.12. The molecule has 0 amide bonds. The third-order valence-electron chi connectivity index (χ3n) is 1.67. The third kappa shape index (κ3) is 7.65. The molecule has 0 bridgehead atoms. The molecule has 0 saturated heterocycles. The van der Waals surface area contributed by atoms with E-state index in [9.17, 15) is 4.79 Å². The van der Waals surface area contributed by atoms with Gasteiger partial charge in [0.2, 0.25) is 0 Å². The largest absolute Gasteiger partial charge is 0.395 e. The summed E-state index contributed by atoms with van der Waals surface area (Å²) in [5, 5.41) is 7.92. The van der Waals surface area contributed by atoms with Gasteiger partial charge in [-0.3, -0.25) is 16.1 Å². The molecule has 4 N–H and O–H groups in total. The van der Waals surface area contributed by atoms with E-state index < -0.39 is 0 Å². The van der Waals surface area contributed by atoms with Crippen molar-refractivity contribution in [3.63, 3.8) is 0 Å². The van der Waals surface area contributed by atoms with Gasteiger partial charge in [0, 0.05) is 19.4 Å². The summed E-state index contributed by atoms with van der Waals surface area (Å²) in [6, 6.07) is 0. The first-order valence-electron chi connectivity index (χ1n) is 4.37. The van der Waals surface area contributed by atoms with E-state index >= 15 is 0 Å². The average molecular weight is 174 g/mol. The van der Waals surface area contributed by atoms with Crippen LogP contribution >= 0.6 is 0 Å². The lowest BCUT2D eigenvalue weighted by molar-refractivity contribution is -0.120. The fraction of sp³-hybridized carbons (Fsp3) is 0.875. The highest BCUT2D eigenvalue weighted by molar-refractivity contribution is 5.78. The van der Waals surface area contributed by atoms with Gasteiger partial charge < -0.3 is 5.11 Å². The van der Waals surface area contributed by atoms with Gasteiger partial charge in [-0.1, -0.05) is 6.42 Å². The van der Waals surface area contributed by atoms with Crippen LogP contribution in [0.4, 0.5) is 0 Å². The molecule has 4 nitrogen and oxygen atoms in total. The summed E-state index contributed by atoms with van der Waals surface area (Å²) in [4.78, 5) is 10.5. The molecule has 0 aromatic carbocycles. The number of nitrogens with two attached hydrogens (primary N) is 1. The molecule has 0 spiro atoms. The van der Waals surface area contributed by atoms with Crippen LogP contribution in [0.15, 0.2) is 0 Å². The Kier molecular flexibility index (Phi) is 8.32. The van der Waals surface area contributed by atoms with Crippen molar-refractivity contribution >= 4 is 5.78 Å². The molecule has 12 heavy (non-hydrogen) atoms. The number of hydrogen-bond donors (Lipinski definition) is 3. The van der Waals surface area contributed by atoms with Crippen LogP contribution in [0.2, 0.25) is 0 Å². The summed E-state index contributed by atoms with van der Waals surface area (Å²) in [6.45, 7) is 0.580. The molecule has 0 aromatic heterocycles. The smallest absolute Gasteiger partial charge is 0.132 e. The Morgan fingerprint density at radius 2 is 1.92 bits per heavy atom. The molecule has 0 aromatic rings. The van der Waals surface area contributed by atoms with Crippen molar-refractivity contribution in [2.24, 2.45) is 5.84 Å². The lowest BCUT2D eigenvalue weighted by Crippen LogP contribution is -2.24. The van der Waals surface area contributed by atoms with Crippen molar-refractivity contribution in [2.45, 2.75) is 32.1 Å². The number of Topliss-reactive ketones (excluding diaryl/α,β-unsaturated/α-hetero) is 1. The molecule has 1 aliphatic rings. The van der Waals surface area contributed by atoms with E-state index in [0.717, 1.165) is 25.7 Å². The van der Waals surface area contributed by atoms with E-state index in [2.05, 4.69) is 5.43 Å². The van der Waals surface area contributed by atoms with Gasteiger partial charge in [-0.2, -0.15) is 0 Å². The molecule has 4 heteroatoms. The zero-order valence-corrected chi connectivity index (χ0v) is 7.38. The van der Waals surface area contributed by atoms with Crippen LogP contribution in [-0.4, -0.2) is 24.0 Å². The van der Waals surface area contributed by atoms with Gasteiger partial charge in [0.15, 0.2) is 0 Å². The molecule has 0 radical (unpaired) electrons. The van der Waals surface area contributed by atoms with Gasteiger partial charge in [-0.05, 0) is 12.8 Å². The first kappa shape index (κ1) is 11.6. The quantitative estimate of drug-likeness (QED) is 0.405. The SMILES string of the molecule is NNCCO.O=C1CCCCC1. The number of ketones is 1. The van der Waals surface area contributed by atoms with Crippen LogP contribution in [0.1, 0.15) is 32.1 Å². The number of aliphatic hydroxyl groups is 1. The number of hydrazine groups is 1. The van der Waals surface area contributed by atoms with E-state index in [1.54, 1.807) is 0 Å². The minimum Gasteiger partial charge on any atom is -0.395 e. The fourth-order valence-corrected chi connectivity index (χ4v) is 1.01. The summed E-state index contributed by atoms with van der Waals surface area (Å²) in [5.41, 5.74) is 2.27. The molecular formula is C8H18N2O2. The van der Waals surface area contributed by atoms with Crippen molar-refractivity contribution in [1.82, 2.24) is 5.43 Å². The maximum Gasteiger partial charge on any atom is 0.132 e. The fourth-order valence-electron chi connectivity index (χ4n) is 1.01. The van der Waals surface area contributed by atoms with E-state index in [1.807, 2.05) is 0 Å². The number of carbonyl (C=O) groups excluding carboxylic acids is 1. The number of carbonyl (C=O) groups is 1. The number of hydrogen-bond acceptors (Lipinski definition) is 4. The Morgan fingerprint density at radius 3 is 2.08 bits per heavy atom.